The molecule has 9 heteroatoms. The minimum atomic E-state index is -0.518. The second-order valence-corrected chi connectivity index (χ2v) is 7.47. The van der Waals surface area contributed by atoms with E-state index in [4.69, 9.17) is 9.47 Å². The molecule has 0 aliphatic carbocycles. The lowest BCUT2D eigenvalue weighted by molar-refractivity contribution is -0.112. The maximum absolute atomic E-state index is 12.2. The number of nitrogens with one attached hydrogen (secondary N) is 1. The first-order valence-electron chi connectivity index (χ1n) is 8.13. The molecule has 3 rings (SSSR count). The van der Waals surface area contributed by atoms with E-state index in [9.17, 15) is 10.1 Å². The van der Waals surface area contributed by atoms with Crippen LogP contribution in [0.1, 0.15) is 16.3 Å². The van der Waals surface area contributed by atoms with E-state index in [2.05, 4.69) is 15.3 Å². The molecule has 0 unspecified atom stereocenters. The summed E-state index contributed by atoms with van der Waals surface area (Å²) in [5.41, 5.74) is 1.45. The van der Waals surface area contributed by atoms with Crippen LogP contribution in [0.15, 0.2) is 40.7 Å². The van der Waals surface area contributed by atoms with Gasteiger partial charge in [0, 0.05) is 17.0 Å². The van der Waals surface area contributed by atoms with Gasteiger partial charge in [0.2, 0.25) is 0 Å². The number of benzene rings is 1. The summed E-state index contributed by atoms with van der Waals surface area (Å²) in [5.74, 6) is 0.532. The van der Waals surface area contributed by atoms with Gasteiger partial charge in [-0.05, 0) is 30.7 Å². The fourth-order valence-corrected chi connectivity index (χ4v) is 3.41. The summed E-state index contributed by atoms with van der Waals surface area (Å²) in [4.78, 5) is 20.6. The average molecular weight is 412 g/mol. The highest BCUT2D eigenvalue weighted by Crippen LogP contribution is 2.30. The number of aryl methyl sites for hydroxylation is 1. The number of aromatic nitrogens is 2. The molecule has 1 aromatic carbocycles. The normalized spacial score (nSPS) is 11.0. The van der Waals surface area contributed by atoms with Gasteiger partial charge in [-0.2, -0.15) is 5.26 Å². The van der Waals surface area contributed by atoms with Crippen molar-refractivity contribution in [1.82, 2.24) is 9.97 Å². The van der Waals surface area contributed by atoms with Crippen molar-refractivity contribution in [3.05, 3.63) is 57.0 Å². The lowest BCUT2D eigenvalue weighted by atomic mass is 10.1. The molecule has 0 fully saturated rings. The molecule has 7 nitrogen and oxygen atoms in total. The van der Waals surface area contributed by atoms with Crippen molar-refractivity contribution >= 4 is 39.8 Å². The third-order valence-electron chi connectivity index (χ3n) is 3.56. The molecule has 3 aromatic rings. The number of anilines is 1. The van der Waals surface area contributed by atoms with Gasteiger partial charge in [-0.3, -0.25) is 10.1 Å². The van der Waals surface area contributed by atoms with Crippen LogP contribution in [0.5, 0.6) is 11.5 Å². The van der Waals surface area contributed by atoms with Crippen molar-refractivity contribution in [2.45, 2.75) is 13.5 Å². The largest absolute Gasteiger partial charge is 0.493 e. The quantitative estimate of drug-likeness (QED) is 0.465. The minimum absolute atomic E-state index is 0.0381. The number of carbonyl (C=O) groups is 1. The molecule has 0 saturated heterocycles. The number of methoxy groups -OCH3 is 1. The van der Waals surface area contributed by atoms with Crippen molar-refractivity contribution in [2.24, 2.45) is 0 Å². The van der Waals surface area contributed by atoms with Gasteiger partial charge in [-0.15, -0.1) is 22.7 Å². The first-order valence-corrected chi connectivity index (χ1v) is 9.89. The summed E-state index contributed by atoms with van der Waals surface area (Å²) in [7, 11) is 1.53. The molecule has 0 bridgehead atoms. The zero-order chi connectivity index (χ0) is 19.9. The van der Waals surface area contributed by atoms with Gasteiger partial charge in [0.05, 0.1) is 17.8 Å². The molecule has 0 aliphatic rings. The molecule has 0 saturated carbocycles. The Morgan fingerprint density at radius 2 is 2.21 bits per heavy atom. The number of ether oxygens (including phenoxy) is 2. The Labute approximate surface area is 169 Å². The topological polar surface area (TPSA) is 97.1 Å². The average Bonchev–Trinajstić information content (AvgIpc) is 3.36. The summed E-state index contributed by atoms with van der Waals surface area (Å²) >= 11 is 2.84. The summed E-state index contributed by atoms with van der Waals surface area (Å²) in [6, 6.07) is 7.10. The van der Waals surface area contributed by atoms with E-state index in [0.717, 1.165) is 10.7 Å². The van der Waals surface area contributed by atoms with Gasteiger partial charge in [-0.1, -0.05) is 6.07 Å². The number of nitrogens with zero attached hydrogens (tertiary/aromatic N) is 3. The Morgan fingerprint density at radius 1 is 1.36 bits per heavy atom. The number of nitriles is 1. The molecule has 0 radical (unpaired) electrons. The van der Waals surface area contributed by atoms with Crippen molar-refractivity contribution in [3.8, 4) is 17.6 Å². The van der Waals surface area contributed by atoms with Crippen LogP contribution in [-0.2, 0) is 11.4 Å². The zero-order valence-corrected chi connectivity index (χ0v) is 16.8. The lowest BCUT2D eigenvalue weighted by Gasteiger charge is -2.10. The van der Waals surface area contributed by atoms with E-state index in [1.165, 1.54) is 24.5 Å². The van der Waals surface area contributed by atoms with Crippen LogP contribution in [0.4, 0.5) is 5.13 Å². The Balaban J connectivity index is 1.75. The first-order chi connectivity index (χ1) is 13.6. The molecular weight excluding hydrogens is 396 g/mol. The second kappa shape index (κ2) is 9.12. The molecule has 2 aromatic heterocycles. The molecule has 0 atom stereocenters. The maximum Gasteiger partial charge on any atom is 0.268 e. The smallest absolute Gasteiger partial charge is 0.268 e. The van der Waals surface area contributed by atoms with Gasteiger partial charge in [0.15, 0.2) is 16.6 Å². The number of amides is 1. The van der Waals surface area contributed by atoms with Crippen molar-refractivity contribution in [3.63, 3.8) is 0 Å². The molecule has 142 valence electrons. The van der Waals surface area contributed by atoms with Gasteiger partial charge in [0.25, 0.3) is 5.91 Å². The first kappa shape index (κ1) is 19.5. The van der Waals surface area contributed by atoms with Crippen molar-refractivity contribution < 1.29 is 14.3 Å². The standard InChI is InChI=1S/C19H16N4O3S2/c1-12-22-15(11-28-12)10-26-16-4-3-13(8-17(16)25-2)7-14(9-20)18(24)23-19-21-5-6-27-19/h3-8,11H,10H2,1-2H3,(H,21,23,24)/b14-7+. The van der Waals surface area contributed by atoms with Gasteiger partial charge < -0.3 is 9.47 Å². The van der Waals surface area contributed by atoms with Gasteiger partial charge in [-0.25, -0.2) is 9.97 Å². The molecular formula is C19H16N4O3S2. The number of hydrogen-bond donors (Lipinski definition) is 1. The minimum Gasteiger partial charge on any atom is -0.493 e. The Hall–Kier alpha value is -3.22. The molecule has 0 aliphatic heterocycles. The van der Waals surface area contributed by atoms with E-state index in [1.54, 1.807) is 41.1 Å². The predicted molar refractivity (Wildman–Crippen MR) is 109 cm³/mol. The third-order valence-corrected chi connectivity index (χ3v) is 5.07. The number of thiazole rings is 2. The molecule has 1 N–H and O–H groups in total. The number of rotatable bonds is 7. The van der Waals surface area contributed by atoms with E-state index < -0.39 is 5.91 Å². The fraction of sp³-hybridized carbons (Fsp3) is 0.158. The van der Waals surface area contributed by atoms with Crippen LogP contribution in [-0.4, -0.2) is 23.0 Å². The Bertz CT molecular complexity index is 1040. The number of carbonyl (C=O) groups excluding carboxylic acids is 1. The highest BCUT2D eigenvalue weighted by Gasteiger charge is 2.12. The van der Waals surface area contributed by atoms with Gasteiger partial charge >= 0.3 is 0 Å². The highest BCUT2D eigenvalue weighted by atomic mass is 32.1. The molecule has 2 heterocycles. The van der Waals surface area contributed by atoms with Crippen LogP contribution in [0.25, 0.3) is 6.08 Å². The Morgan fingerprint density at radius 3 is 2.86 bits per heavy atom. The summed E-state index contributed by atoms with van der Waals surface area (Å²) in [5, 5.41) is 17.0. The van der Waals surface area contributed by atoms with Gasteiger partial charge in [0.1, 0.15) is 18.2 Å². The third kappa shape index (κ3) is 4.94. The monoisotopic (exact) mass is 412 g/mol. The maximum atomic E-state index is 12.2. The fourth-order valence-electron chi connectivity index (χ4n) is 2.28. The summed E-state index contributed by atoms with van der Waals surface area (Å²) in [6.07, 6.45) is 3.06. The predicted octanol–water partition coefficient (Wildman–Crippen LogP) is 4.04. The van der Waals surface area contributed by atoms with Crippen LogP contribution in [0.2, 0.25) is 0 Å². The van der Waals surface area contributed by atoms with Crippen LogP contribution in [0, 0.1) is 18.3 Å². The Kier molecular flexibility index (Phi) is 6.37. The van der Waals surface area contributed by atoms with E-state index >= 15 is 0 Å². The lowest BCUT2D eigenvalue weighted by Crippen LogP contribution is -2.13. The highest BCUT2D eigenvalue weighted by molar-refractivity contribution is 7.13. The van der Waals surface area contributed by atoms with Crippen molar-refractivity contribution in [1.29, 1.82) is 5.26 Å². The van der Waals surface area contributed by atoms with E-state index in [0.29, 0.717) is 28.8 Å². The second-order valence-electron chi connectivity index (χ2n) is 5.52. The summed E-state index contributed by atoms with van der Waals surface area (Å²) in [6.45, 7) is 2.27. The van der Waals surface area contributed by atoms with E-state index in [-0.39, 0.29) is 5.57 Å². The van der Waals surface area contributed by atoms with E-state index in [1.807, 2.05) is 18.4 Å². The van der Waals surface area contributed by atoms with Crippen LogP contribution in [0.3, 0.4) is 0 Å². The molecule has 1 amide bonds. The molecule has 28 heavy (non-hydrogen) atoms. The van der Waals surface area contributed by atoms with Crippen molar-refractivity contribution in [2.75, 3.05) is 12.4 Å². The van der Waals surface area contributed by atoms with Crippen LogP contribution < -0.4 is 14.8 Å². The SMILES string of the molecule is COc1cc(/C=C(\C#N)C(=O)Nc2nccs2)ccc1OCc1csc(C)n1. The summed E-state index contributed by atoms with van der Waals surface area (Å²) < 4.78 is 11.2. The zero-order valence-electron chi connectivity index (χ0n) is 15.1. The van der Waals surface area contributed by atoms with Crippen LogP contribution >= 0.6 is 22.7 Å². The molecule has 0 spiro atoms. The number of hydrogen-bond acceptors (Lipinski definition) is 8.